The molecule has 2 rings (SSSR count). The van der Waals surface area contributed by atoms with Gasteiger partial charge >= 0.3 is 6.18 Å². The number of aromatic nitrogens is 1. The molecule has 1 N–H and O–H groups in total. The second-order valence-corrected chi connectivity index (χ2v) is 6.09. The van der Waals surface area contributed by atoms with E-state index in [4.69, 9.17) is 0 Å². The van der Waals surface area contributed by atoms with E-state index in [0.29, 0.717) is 15.9 Å². The highest BCUT2D eigenvalue weighted by Gasteiger charge is 2.32. The van der Waals surface area contributed by atoms with E-state index >= 15 is 0 Å². The maximum Gasteiger partial charge on any atom is 0.416 e. The molecule has 2 aromatic rings. The number of nitrogens with zero attached hydrogens (tertiary/aromatic N) is 1. The highest BCUT2D eigenvalue weighted by atomic mass is 19.4. The SMILES string of the molecule is CC(C)(CNC(=O)c1cc[n+]([O-])cc1)c1cccc(C(F)(F)F)c1. The zero-order valence-electron chi connectivity index (χ0n) is 13.2. The third kappa shape index (κ3) is 4.24. The number of nitrogens with one attached hydrogen (secondary N) is 1. The summed E-state index contributed by atoms with van der Waals surface area (Å²) in [6.07, 6.45) is -2.01. The lowest BCUT2D eigenvalue weighted by Gasteiger charge is -2.26. The number of alkyl halides is 3. The fraction of sp³-hybridized carbons (Fsp3) is 0.294. The van der Waals surface area contributed by atoms with Gasteiger partial charge in [0.1, 0.15) is 0 Å². The lowest BCUT2D eigenvalue weighted by atomic mass is 9.83. The van der Waals surface area contributed by atoms with Crippen LogP contribution in [0.1, 0.15) is 35.3 Å². The highest BCUT2D eigenvalue weighted by molar-refractivity contribution is 5.93. The number of pyridine rings is 1. The van der Waals surface area contributed by atoms with Crippen LogP contribution in [0.3, 0.4) is 0 Å². The third-order valence-electron chi connectivity index (χ3n) is 3.73. The quantitative estimate of drug-likeness (QED) is 0.688. The van der Waals surface area contributed by atoms with Gasteiger partial charge in [0.15, 0.2) is 12.4 Å². The van der Waals surface area contributed by atoms with E-state index in [1.165, 1.54) is 30.6 Å². The second-order valence-electron chi connectivity index (χ2n) is 6.09. The average molecular weight is 338 g/mol. The molecule has 0 aliphatic carbocycles. The van der Waals surface area contributed by atoms with E-state index in [-0.39, 0.29) is 6.54 Å². The summed E-state index contributed by atoms with van der Waals surface area (Å²) in [5, 5.41) is 13.6. The first kappa shape index (κ1) is 17.8. The Morgan fingerprint density at radius 2 is 1.71 bits per heavy atom. The van der Waals surface area contributed by atoms with Crippen LogP contribution in [0.4, 0.5) is 13.2 Å². The number of hydrogen-bond donors (Lipinski definition) is 1. The van der Waals surface area contributed by atoms with Gasteiger partial charge in [-0.3, -0.25) is 4.79 Å². The Morgan fingerprint density at radius 1 is 1.12 bits per heavy atom. The molecule has 0 atom stereocenters. The second kappa shape index (κ2) is 6.51. The summed E-state index contributed by atoms with van der Waals surface area (Å²) >= 11 is 0. The first-order valence-corrected chi connectivity index (χ1v) is 7.24. The third-order valence-corrected chi connectivity index (χ3v) is 3.73. The normalized spacial score (nSPS) is 12.0. The number of carbonyl (C=O) groups is 1. The van der Waals surface area contributed by atoms with Gasteiger partial charge in [0.05, 0.1) is 11.1 Å². The minimum Gasteiger partial charge on any atom is -0.619 e. The van der Waals surface area contributed by atoms with E-state index in [9.17, 15) is 23.2 Å². The molecule has 128 valence electrons. The number of hydrogen-bond acceptors (Lipinski definition) is 2. The highest BCUT2D eigenvalue weighted by Crippen LogP contribution is 2.32. The summed E-state index contributed by atoms with van der Waals surface area (Å²) in [5.74, 6) is -0.393. The zero-order chi connectivity index (χ0) is 18.0. The van der Waals surface area contributed by atoms with E-state index in [0.717, 1.165) is 12.1 Å². The predicted molar refractivity (Wildman–Crippen MR) is 82.2 cm³/mol. The Labute approximate surface area is 137 Å². The van der Waals surface area contributed by atoms with Crippen LogP contribution in [0.25, 0.3) is 0 Å². The van der Waals surface area contributed by atoms with E-state index in [1.807, 2.05) is 0 Å². The van der Waals surface area contributed by atoms with Crippen LogP contribution >= 0.6 is 0 Å². The van der Waals surface area contributed by atoms with Crippen LogP contribution in [0.5, 0.6) is 0 Å². The Hall–Kier alpha value is -2.57. The minimum absolute atomic E-state index is 0.152. The maximum atomic E-state index is 12.8. The lowest BCUT2D eigenvalue weighted by molar-refractivity contribution is -0.605. The smallest absolute Gasteiger partial charge is 0.416 e. The van der Waals surface area contributed by atoms with E-state index < -0.39 is 23.1 Å². The van der Waals surface area contributed by atoms with E-state index in [2.05, 4.69) is 5.32 Å². The zero-order valence-corrected chi connectivity index (χ0v) is 13.2. The summed E-state index contributed by atoms with van der Waals surface area (Å²) in [7, 11) is 0. The molecule has 0 aliphatic rings. The number of amides is 1. The van der Waals surface area contributed by atoms with Crippen LogP contribution in [0, 0.1) is 5.21 Å². The van der Waals surface area contributed by atoms with Crippen LogP contribution in [-0.2, 0) is 11.6 Å². The van der Waals surface area contributed by atoms with Gasteiger partial charge in [-0.05, 0) is 11.6 Å². The molecular formula is C17H17F3N2O2. The van der Waals surface area contributed by atoms with Gasteiger partial charge in [0.2, 0.25) is 0 Å². The molecule has 0 radical (unpaired) electrons. The maximum absolute atomic E-state index is 12.8. The number of rotatable bonds is 4. The molecule has 0 bridgehead atoms. The molecule has 0 aliphatic heterocycles. The van der Waals surface area contributed by atoms with Crippen molar-refractivity contribution in [2.75, 3.05) is 6.54 Å². The van der Waals surface area contributed by atoms with Crippen molar-refractivity contribution >= 4 is 5.91 Å². The molecule has 1 aromatic carbocycles. The topological polar surface area (TPSA) is 56.0 Å². The molecule has 1 heterocycles. The van der Waals surface area contributed by atoms with Gasteiger partial charge in [-0.25, -0.2) is 0 Å². The first-order chi connectivity index (χ1) is 11.1. The molecule has 4 nitrogen and oxygen atoms in total. The fourth-order valence-electron chi connectivity index (χ4n) is 2.19. The monoisotopic (exact) mass is 338 g/mol. The molecule has 0 saturated heterocycles. The minimum atomic E-state index is -4.41. The standard InChI is InChI=1S/C17H17F3N2O2/c1-16(2,13-4-3-5-14(10-13)17(18,19)20)11-21-15(23)12-6-8-22(24)9-7-12/h3-10H,11H2,1-2H3,(H,21,23). The van der Waals surface area contributed by atoms with Gasteiger partial charge in [-0.15, -0.1) is 0 Å². The van der Waals surface area contributed by atoms with Crippen LogP contribution in [0.2, 0.25) is 0 Å². The van der Waals surface area contributed by atoms with Gasteiger partial charge < -0.3 is 10.5 Å². The fourth-order valence-corrected chi connectivity index (χ4v) is 2.19. The Balaban J connectivity index is 2.11. The molecule has 24 heavy (non-hydrogen) atoms. The van der Waals surface area contributed by atoms with Crippen molar-refractivity contribution in [3.63, 3.8) is 0 Å². The Bertz CT molecular complexity index is 725. The van der Waals surface area contributed by atoms with Crippen molar-refractivity contribution in [1.29, 1.82) is 0 Å². The van der Waals surface area contributed by atoms with Crippen molar-refractivity contribution in [2.24, 2.45) is 0 Å². The Kier molecular flexibility index (Phi) is 4.82. The molecule has 0 spiro atoms. The molecule has 0 fully saturated rings. The molecule has 0 saturated carbocycles. The molecule has 1 aromatic heterocycles. The van der Waals surface area contributed by atoms with Crippen molar-refractivity contribution in [3.8, 4) is 0 Å². The molecule has 0 unspecified atom stereocenters. The van der Waals surface area contributed by atoms with Crippen LogP contribution < -0.4 is 10.0 Å². The van der Waals surface area contributed by atoms with Gasteiger partial charge in [0.25, 0.3) is 5.91 Å². The average Bonchev–Trinajstić information content (AvgIpc) is 2.53. The number of halogens is 3. The summed E-state index contributed by atoms with van der Waals surface area (Å²) in [5.41, 5.74) is -0.628. The van der Waals surface area contributed by atoms with Crippen molar-refractivity contribution < 1.29 is 22.7 Å². The number of carbonyl (C=O) groups excluding carboxylic acids is 1. The van der Waals surface area contributed by atoms with Crippen LogP contribution in [0.15, 0.2) is 48.8 Å². The largest absolute Gasteiger partial charge is 0.619 e. The summed E-state index contributed by atoms with van der Waals surface area (Å²) < 4.78 is 39.0. The lowest BCUT2D eigenvalue weighted by Crippen LogP contribution is -2.37. The molecular weight excluding hydrogens is 321 g/mol. The predicted octanol–water partition coefficient (Wildman–Crippen LogP) is 3.05. The van der Waals surface area contributed by atoms with Gasteiger partial charge in [0, 0.05) is 24.1 Å². The first-order valence-electron chi connectivity index (χ1n) is 7.24. The molecule has 7 heteroatoms. The molecule has 1 amide bonds. The van der Waals surface area contributed by atoms with Gasteiger partial charge in [-0.2, -0.15) is 17.9 Å². The van der Waals surface area contributed by atoms with Crippen LogP contribution in [-0.4, -0.2) is 12.5 Å². The summed E-state index contributed by atoms with van der Waals surface area (Å²) in [6.45, 7) is 3.65. The van der Waals surface area contributed by atoms with Crippen molar-refractivity contribution in [2.45, 2.75) is 25.4 Å². The van der Waals surface area contributed by atoms with Gasteiger partial charge in [-0.1, -0.05) is 32.0 Å². The van der Waals surface area contributed by atoms with Crippen molar-refractivity contribution in [3.05, 3.63) is 70.7 Å². The van der Waals surface area contributed by atoms with Crippen molar-refractivity contribution in [1.82, 2.24) is 5.32 Å². The Morgan fingerprint density at radius 3 is 2.29 bits per heavy atom. The summed E-state index contributed by atoms with van der Waals surface area (Å²) in [4.78, 5) is 12.1. The van der Waals surface area contributed by atoms with E-state index in [1.54, 1.807) is 19.9 Å². The number of benzene rings is 1. The summed E-state index contributed by atoms with van der Waals surface area (Å²) in [6, 6.07) is 7.81.